The van der Waals surface area contributed by atoms with Crippen molar-refractivity contribution in [3.63, 3.8) is 0 Å². The highest BCUT2D eigenvalue weighted by atomic mass is 16.5. The van der Waals surface area contributed by atoms with Crippen molar-refractivity contribution in [1.29, 1.82) is 0 Å². The molecule has 9 heteroatoms. The molecule has 1 aromatic carbocycles. The van der Waals surface area contributed by atoms with Crippen LogP contribution in [0.3, 0.4) is 0 Å². The predicted molar refractivity (Wildman–Crippen MR) is 175 cm³/mol. The zero-order valence-electron chi connectivity index (χ0n) is 26.8. The van der Waals surface area contributed by atoms with E-state index in [4.69, 9.17) is 14.5 Å². The van der Waals surface area contributed by atoms with E-state index in [9.17, 15) is 9.90 Å². The third-order valence-corrected chi connectivity index (χ3v) is 9.00. The summed E-state index contributed by atoms with van der Waals surface area (Å²) in [4.78, 5) is 25.5. The van der Waals surface area contributed by atoms with Crippen molar-refractivity contribution in [2.45, 2.75) is 78.7 Å². The number of nitrogens with one attached hydrogen (secondary N) is 2. The van der Waals surface area contributed by atoms with Crippen molar-refractivity contribution in [1.82, 2.24) is 20.2 Å². The molecule has 1 unspecified atom stereocenters. The van der Waals surface area contributed by atoms with Crippen LogP contribution in [0.2, 0.25) is 0 Å². The number of aliphatic hydroxyl groups is 1. The minimum atomic E-state index is -0.953. The number of aromatic nitrogens is 2. The first-order valence-corrected chi connectivity index (χ1v) is 16.2. The molecule has 0 amide bonds. The van der Waals surface area contributed by atoms with E-state index < -0.39 is 6.23 Å². The average Bonchev–Trinajstić information content (AvgIpc) is 3.03. The first-order valence-electron chi connectivity index (χ1n) is 16.2. The van der Waals surface area contributed by atoms with Crippen LogP contribution in [0.25, 0.3) is 11.1 Å². The van der Waals surface area contributed by atoms with Crippen LogP contribution < -0.4 is 15.8 Å². The lowest BCUT2D eigenvalue weighted by Gasteiger charge is -2.37. The number of aromatic amines is 1. The van der Waals surface area contributed by atoms with Gasteiger partial charge in [-0.15, -0.1) is 0 Å². The number of rotatable bonds is 12. The lowest BCUT2D eigenvalue weighted by atomic mass is 9.95. The Morgan fingerprint density at radius 2 is 1.82 bits per heavy atom. The Morgan fingerprint density at radius 1 is 1.07 bits per heavy atom. The number of pyridine rings is 2. The molecular weight excluding hydrogens is 554 g/mol. The van der Waals surface area contributed by atoms with Gasteiger partial charge in [0.05, 0.1) is 18.9 Å². The second kappa shape index (κ2) is 15.3. The number of hydrogen-bond acceptors (Lipinski definition) is 8. The molecule has 1 atom stereocenters. The van der Waals surface area contributed by atoms with Gasteiger partial charge in [-0.2, -0.15) is 0 Å². The Balaban J connectivity index is 1.46. The Kier molecular flexibility index (Phi) is 11.2. The SMILES string of the molecule is CCCc1cc(C)[nH]c(=O)c1CNC(O)c1cc(-c2ccc(CN3CCOCC3)nc2)cc(N(CC)C2CCOCC2)c1C. The van der Waals surface area contributed by atoms with E-state index >= 15 is 0 Å². The molecule has 238 valence electrons. The highest BCUT2D eigenvalue weighted by molar-refractivity contribution is 5.72. The zero-order valence-corrected chi connectivity index (χ0v) is 26.8. The van der Waals surface area contributed by atoms with Gasteiger partial charge in [0.1, 0.15) is 6.23 Å². The maximum atomic E-state index is 12.9. The molecule has 2 aliphatic heterocycles. The summed E-state index contributed by atoms with van der Waals surface area (Å²) in [6.07, 6.45) is 4.71. The average molecular weight is 604 g/mol. The van der Waals surface area contributed by atoms with Crippen molar-refractivity contribution in [2.24, 2.45) is 0 Å². The quantitative estimate of drug-likeness (QED) is 0.258. The van der Waals surface area contributed by atoms with Gasteiger partial charge >= 0.3 is 0 Å². The van der Waals surface area contributed by atoms with Crippen LogP contribution in [0.1, 0.15) is 73.0 Å². The van der Waals surface area contributed by atoms with Crippen LogP contribution in [-0.4, -0.2) is 72.1 Å². The van der Waals surface area contributed by atoms with E-state index in [2.05, 4.69) is 65.1 Å². The maximum absolute atomic E-state index is 12.9. The molecule has 44 heavy (non-hydrogen) atoms. The standard InChI is InChI=1S/C35H49N5O4/c1-5-7-26-18-24(3)38-35(42)32(26)22-37-34(41)31-19-28(20-33(25(31)4)40(6-2)30-10-14-43-15-11-30)27-8-9-29(36-21-27)23-39-12-16-44-17-13-39/h8-9,18-21,30,34,37,41H,5-7,10-17,22-23H2,1-4H3,(H,38,42). The summed E-state index contributed by atoms with van der Waals surface area (Å²) in [5.41, 5.74) is 8.48. The summed E-state index contributed by atoms with van der Waals surface area (Å²) < 4.78 is 11.2. The molecule has 4 heterocycles. The largest absolute Gasteiger partial charge is 0.381 e. The number of hydrogen-bond donors (Lipinski definition) is 3. The van der Waals surface area contributed by atoms with E-state index in [0.29, 0.717) is 11.6 Å². The molecule has 0 aliphatic carbocycles. The van der Waals surface area contributed by atoms with Gasteiger partial charge in [-0.25, -0.2) is 0 Å². The Morgan fingerprint density at radius 3 is 2.50 bits per heavy atom. The van der Waals surface area contributed by atoms with Crippen LogP contribution in [0.15, 0.2) is 41.3 Å². The van der Waals surface area contributed by atoms with Crippen molar-refractivity contribution in [3.05, 3.63) is 80.5 Å². The highest BCUT2D eigenvalue weighted by Crippen LogP contribution is 2.35. The lowest BCUT2D eigenvalue weighted by Crippen LogP contribution is -2.40. The van der Waals surface area contributed by atoms with Crippen molar-refractivity contribution < 1.29 is 14.6 Å². The number of H-pyrrole nitrogens is 1. The van der Waals surface area contributed by atoms with Gasteiger partial charge in [0.2, 0.25) is 0 Å². The third kappa shape index (κ3) is 7.76. The normalized spacial score (nSPS) is 17.1. The number of aliphatic hydroxyl groups excluding tert-OH is 1. The predicted octanol–water partition coefficient (Wildman–Crippen LogP) is 4.62. The number of benzene rings is 1. The van der Waals surface area contributed by atoms with Gasteiger partial charge in [0, 0.05) is 86.2 Å². The third-order valence-electron chi connectivity index (χ3n) is 9.00. The molecule has 0 saturated carbocycles. The lowest BCUT2D eigenvalue weighted by molar-refractivity contribution is 0.0336. The van der Waals surface area contributed by atoms with Gasteiger partial charge in [0.25, 0.3) is 5.56 Å². The van der Waals surface area contributed by atoms with E-state index in [1.54, 1.807) is 0 Å². The molecule has 0 radical (unpaired) electrons. The fourth-order valence-electron chi connectivity index (χ4n) is 6.55. The van der Waals surface area contributed by atoms with Crippen LogP contribution in [0.4, 0.5) is 5.69 Å². The smallest absolute Gasteiger partial charge is 0.252 e. The Labute approximate surface area is 261 Å². The summed E-state index contributed by atoms with van der Waals surface area (Å²) in [5.74, 6) is 0. The Hall–Kier alpha value is -3.08. The highest BCUT2D eigenvalue weighted by Gasteiger charge is 2.25. The van der Waals surface area contributed by atoms with Crippen LogP contribution >= 0.6 is 0 Å². The van der Waals surface area contributed by atoms with Gasteiger partial charge in [-0.1, -0.05) is 19.4 Å². The molecule has 2 aliphatic rings. The molecule has 2 fully saturated rings. The molecule has 5 rings (SSSR count). The van der Waals surface area contributed by atoms with Crippen molar-refractivity contribution >= 4 is 5.69 Å². The zero-order chi connectivity index (χ0) is 31.1. The molecule has 0 bridgehead atoms. The summed E-state index contributed by atoms with van der Waals surface area (Å²) in [7, 11) is 0. The maximum Gasteiger partial charge on any atom is 0.252 e. The molecule has 2 aromatic heterocycles. The van der Waals surface area contributed by atoms with Crippen LogP contribution in [0, 0.1) is 13.8 Å². The fraction of sp³-hybridized carbons (Fsp3) is 0.543. The number of morpholine rings is 1. The Bertz CT molecular complexity index is 1430. The summed E-state index contributed by atoms with van der Waals surface area (Å²) in [5, 5.41) is 14.9. The second-order valence-corrected chi connectivity index (χ2v) is 12.1. The van der Waals surface area contributed by atoms with E-state index in [-0.39, 0.29) is 12.1 Å². The molecule has 3 N–H and O–H groups in total. The number of aryl methyl sites for hydroxylation is 2. The van der Waals surface area contributed by atoms with Gasteiger partial charge in [-0.3, -0.25) is 20.0 Å². The van der Waals surface area contributed by atoms with E-state index in [1.165, 1.54) is 0 Å². The molecule has 3 aromatic rings. The first-order chi connectivity index (χ1) is 21.4. The molecule has 9 nitrogen and oxygen atoms in total. The molecule has 0 spiro atoms. The fourth-order valence-corrected chi connectivity index (χ4v) is 6.55. The molecular formula is C35H49N5O4. The number of anilines is 1. The van der Waals surface area contributed by atoms with Gasteiger partial charge < -0.3 is 24.5 Å². The summed E-state index contributed by atoms with van der Waals surface area (Å²) in [6, 6.07) is 11.0. The number of ether oxygens (including phenoxy) is 2. The minimum absolute atomic E-state index is 0.0979. The monoisotopic (exact) mass is 603 g/mol. The minimum Gasteiger partial charge on any atom is -0.381 e. The number of nitrogens with zero attached hydrogens (tertiary/aromatic N) is 3. The van der Waals surface area contributed by atoms with Gasteiger partial charge in [-0.05, 0) is 81.0 Å². The summed E-state index contributed by atoms with van der Waals surface area (Å²) >= 11 is 0. The van der Waals surface area contributed by atoms with Crippen LogP contribution in [-0.2, 0) is 29.0 Å². The van der Waals surface area contributed by atoms with Crippen LogP contribution in [0.5, 0.6) is 0 Å². The van der Waals surface area contributed by atoms with Crippen molar-refractivity contribution in [2.75, 3.05) is 51.0 Å². The van der Waals surface area contributed by atoms with Gasteiger partial charge in [0.15, 0.2) is 0 Å². The van der Waals surface area contributed by atoms with E-state index in [1.807, 2.05) is 19.2 Å². The van der Waals surface area contributed by atoms with Crippen molar-refractivity contribution in [3.8, 4) is 11.1 Å². The first kappa shape index (κ1) is 32.3. The van der Waals surface area contributed by atoms with E-state index in [0.717, 1.165) is 123 Å². The topological polar surface area (TPSA) is 103 Å². The molecule has 2 saturated heterocycles. The second-order valence-electron chi connectivity index (χ2n) is 12.1. The summed E-state index contributed by atoms with van der Waals surface area (Å²) in [6.45, 7) is 15.1.